The number of ether oxygens (including phenoxy) is 2. The lowest BCUT2D eigenvalue weighted by atomic mass is 10.1. The summed E-state index contributed by atoms with van der Waals surface area (Å²) in [5, 5.41) is 8.75. The van der Waals surface area contributed by atoms with Gasteiger partial charge in [-0.25, -0.2) is 4.79 Å². The Morgan fingerprint density at radius 1 is 1.08 bits per heavy atom. The second-order valence-electron chi connectivity index (χ2n) is 5.48. The van der Waals surface area contributed by atoms with Crippen molar-refractivity contribution in [2.24, 2.45) is 0 Å². The highest BCUT2D eigenvalue weighted by Crippen LogP contribution is 2.14. The Hall–Kier alpha value is -3.13. The smallest absolute Gasteiger partial charge is 0.347 e. The zero-order valence-electron chi connectivity index (χ0n) is 14.2. The van der Waals surface area contributed by atoms with Crippen molar-refractivity contribution in [3.8, 4) is 11.8 Å². The molecule has 0 unspecified atom stereocenters. The SMILES string of the molecule is CCc1ccc(C(=O)COC(=O)[C@@H](C)Oc2ccc(C#N)cc2)cc1. The monoisotopic (exact) mass is 337 g/mol. The highest BCUT2D eigenvalue weighted by molar-refractivity contribution is 5.98. The first kappa shape index (κ1) is 18.2. The quantitative estimate of drug-likeness (QED) is 0.572. The number of nitriles is 1. The van der Waals surface area contributed by atoms with Crippen LogP contribution in [0.5, 0.6) is 5.75 Å². The fraction of sp³-hybridized carbons (Fsp3) is 0.250. The highest BCUT2D eigenvalue weighted by atomic mass is 16.6. The zero-order chi connectivity index (χ0) is 18.2. The van der Waals surface area contributed by atoms with Crippen LogP contribution >= 0.6 is 0 Å². The summed E-state index contributed by atoms with van der Waals surface area (Å²) in [6, 6.07) is 15.6. The first-order valence-corrected chi connectivity index (χ1v) is 7.99. The van der Waals surface area contributed by atoms with E-state index in [1.807, 2.05) is 25.1 Å². The third-order valence-corrected chi connectivity index (χ3v) is 3.66. The van der Waals surface area contributed by atoms with Crippen LogP contribution in [0.3, 0.4) is 0 Å². The van der Waals surface area contributed by atoms with Crippen LogP contribution in [0.2, 0.25) is 0 Å². The Labute approximate surface area is 146 Å². The van der Waals surface area contributed by atoms with Gasteiger partial charge in [0.2, 0.25) is 0 Å². The molecule has 0 aliphatic carbocycles. The van der Waals surface area contributed by atoms with Crippen LogP contribution in [-0.2, 0) is 16.0 Å². The van der Waals surface area contributed by atoms with Gasteiger partial charge in [-0.15, -0.1) is 0 Å². The van der Waals surface area contributed by atoms with Gasteiger partial charge in [-0.05, 0) is 43.2 Å². The van der Waals surface area contributed by atoms with E-state index in [4.69, 9.17) is 14.7 Å². The van der Waals surface area contributed by atoms with Crippen LogP contribution < -0.4 is 4.74 Å². The van der Waals surface area contributed by atoms with Crippen LogP contribution in [0.4, 0.5) is 0 Å². The molecule has 5 nitrogen and oxygen atoms in total. The molecule has 0 bridgehead atoms. The molecule has 2 aromatic carbocycles. The molecule has 0 fully saturated rings. The van der Waals surface area contributed by atoms with Gasteiger partial charge in [0.05, 0.1) is 11.6 Å². The Kier molecular flexibility index (Phi) is 6.30. The standard InChI is InChI=1S/C20H19NO4/c1-3-15-4-8-17(9-5-15)19(22)13-24-20(23)14(2)25-18-10-6-16(12-21)7-11-18/h4-11,14H,3,13H2,1-2H3/t14-/m1/s1. The van der Waals surface area contributed by atoms with Gasteiger partial charge in [-0.2, -0.15) is 5.26 Å². The summed E-state index contributed by atoms with van der Waals surface area (Å²) in [5.41, 5.74) is 2.14. The summed E-state index contributed by atoms with van der Waals surface area (Å²) in [6.07, 6.45) is 0.0383. The molecule has 0 N–H and O–H groups in total. The molecule has 2 aromatic rings. The number of esters is 1. The minimum atomic E-state index is -0.858. The Morgan fingerprint density at radius 3 is 2.28 bits per heavy atom. The molecule has 0 amide bonds. The summed E-state index contributed by atoms with van der Waals surface area (Å²) in [5.74, 6) is -0.436. The molecule has 5 heteroatoms. The molecule has 0 saturated carbocycles. The largest absolute Gasteiger partial charge is 0.479 e. The minimum absolute atomic E-state index is 0.262. The highest BCUT2D eigenvalue weighted by Gasteiger charge is 2.18. The van der Waals surface area contributed by atoms with Gasteiger partial charge in [0.25, 0.3) is 0 Å². The number of carbonyl (C=O) groups excluding carboxylic acids is 2. The zero-order valence-corrected chi connectivity index (χ0v) is 14.2. The molecule has 128 valence electrons. The van der Waals surface area contributed by atoms with Crippen LogP contribution in [0, 0.1) is 11.3 Å². The second-order valence-corrected chi connectivity index (χ2v) is 5.48. The number of Topliss-reactive ketones (excluding diaryl/α,β-unsaturated/α-hetero) is 1. The van der Waals surface area contributed by atoms with Crippen molar-refractivity contribution in [3.63, 3.8) is 0 Å². The maximum absolute atomic E-state index is 12.1. The summed E-state index contributed by atoms with van der Waals surface area (Å²) in [4.78, 5) is 24.0. The first-order valence-electron chi connectivity index (χ1n) is 7.99. The lowest BCUT2D eigenvalue weighted by Gasteiger charge is -2.13. The molecule has 25 heavy (non-hydrogen) atoms. The van der Waals surface area contributed by atoms with Crippen molar-refractivity contribution in [1.82, 2.24) is 0 Å². The van der Waals surface area contributed by atoms with Gasteiger partial charge in [0, 0.05) is 5.56 Å². The van der Waals surface area contributed by atoms with Crippen molar-refractivity contribution in [2.45, 2.75) is 26.4 Å². The van der Waals surface area contributed by atoms with Gasteiger partial charge in [0.15, 0.2) is 18.5 Å². The maximum atomic E-state index is 12.1. The van der Waals surface area contributed by atoms with E-state index in [1.165, 1.54) is 0 Å². The molecular formula is C20H19NO4. The van der Waals surface area contributed by atoms with Gasteiger partial charge in [0.1, 0.15) is 5.75 Å². The Balaban J connectivity index is 1.85. The molecule has 0 spiro atoms. The normalized spacial score (nSPS) is 11.2. The number of hydrogen-bond acceptors (Lipinski definition) is 5. The number of ketones is 1. The molecule has 0 aliphatic heterocycles. The summed E-state index contributed by atoms with van der Waals surface area (Å²) < 4.78 is 10.5. The number of rotatable bonds is 7. The average molecular weight is 337 g/mol. The topological polar surface area (TPSA) is 76.4 Å². The third kappa shape index (κ3) is 5.18. The number of aryl methyl sites for hydroxylation is 1. The summed E-state index contributed by atoms with van der Waals surface area (Å²) >= 11 is 0. The van der Waals surface area contributed by atoms with Crippen LogP contribution in [-0.4, -0.2) is 24.5 Å². The summed E-state index contributed by atoms with van der Waals surface area (Å²) in [7, 11) is 0. The average Bonchev–Trinajstić information content (AvgIpc) is 2.66. The number of carbonyl (C=O) groups is 2. The Bertz CT molecular complexity index is 773. The predicted molar refractivity (Wildman–Crippen MR) is 92.4 cm³/mol. The van der Waals surface area contributed by atoms with E-state index in [9.17, 15) is 9.59 Å². The van der Waals surface area contributed by atoms with Crippen molar-refractivity contribution in [3.05, 3.63) is 65.2 Å². The van der Waals surface area contributed by atoms with E-state index in [0.717, 1.165) is 12.0 Å². The molecule has 0 aromatic heterocycles. The number of benzene rings is 2. The fourth-order valence-electron chi connectivity index (χ4n) is 2.12. The van der Waals surface area contributed by atoms with E-state index in [2.05, 4.69) is 0 Å². The van der Waals surface area contributed by atoms with E-state index in [-0.39, 0.29) is 12.4 Å². The van der Waals surface area contributed by atoms with Gasteiger partial charge < -0.3 is 9.47 Å². The molecule has 0 aliphatic rings. The maximum Gasteiger partial charge on any atom is 0.347 e. The molecule has 2 rings (SSSR count). The lowest BCUT2D eigenvalue weighted by Crippen LogP contribution is -2.28. The molecule has 0 saturated heterocycles. The van der Waals surface area contributed by atoms with Crippen LogP contribution in [0.1, 0.15) is 35.3 Å². The third-order valence-electron chi connectivity index (χ3n) is 3.66. The van der Waals surface area contributed by atoms with Gasteiger partial charge >= 0.3 is 5.97 Å². The Morgan fingerprint density at radius 2 is 1.72 bits per heavy atom. The van der Waals surface area contributed by atoms with Crippen molar-refractivity contribution < 1.29 is 19.1 Å². The van der Waals surface area contributed by atoms with Crippen molar-refractivity contribution in [1.29, 1.82) is 5.26 Å². The minimum Gasteiger partial charge on any atom is -0.479 e. The van der Waals surface area contributed by atoms with Crippen molar-refractivity contribution >= 4 is 11.8 Å². The van der Waals surface area contributed by atoms with E-state index in [0.29, 0.717) is 16.9 Å². The van der Waals surface area contributed by atoms with Gasteiger partial charge in [-0.3, -0.25) is 4.79 Å². The molecule has 1 atom stereocenters. The number of hydrogen-bond donors (Lipinski definition) is 0. The van der Waals surface area contributed by atoms with Crippen LogP contribution in [0.15, 0.2) is 48.5 Å². The van der Waals surface area contributed by atoms with E-state index < -0.39 is 12.1 Å². The predicted octanol–water partition coefficient (Wildman–Crippen LogP) is 3.31. The lowest BCUT2D eigenvalue weighted by molar-refractivity contribution is -0.149. The number of nitrogens with zero attached hydrogens (tertiary/aromatic N) is 1. The van der Waals surface area contributed by atoms with Crippen molar-refractivity contribution in [2.75, 3.05) is 6.61 Å². The molecular weight excluding hydrogens is 318 g/mol. The van der Waals surface area contributed by atoms with Crippen LogP contribution in [0.25, 0.3) is 0 Å². The first-order chi connectivity index (χ1) is 12.0. The second kappa shape index (κ2) is 8.65. The van der Waals surface area contributed by atoms with E-state index >= 15 is 0 Å². The summed E-state index contributed by atoms with van der Waals surface area (Å²) in [6.45, 7) is 3.25. The van der Waals surface area contributed by atoms with E-state index in [1.54, 1.807) is 43.3 Å². The fourth-order valence-corrected chi connectivity index (χ4v) is 2.12. The molecule has 0 radical (unpaired) electrons. The molecule has 0 heterocycles. The van der Waals surface area contributed by atoms with Gasteiger partial charge in [-0.1, -0.05) is 31.2 Å².